The fourth-order valence-electron chi connectivity index (χ4n) is 1.12. The summed E-state index contributed by atoms with van der Waals surface area (Å²) >= 11 is 0. The van der Waals surface area contributed by atoms with Gasteiger partial charge >= 0.3 is 0 Å². The zero-order valence-electron chi connectivity index (χ0n) is 12.2. The van der Waals surface area contributed by atoms with Gasteiger partial charge in [0, 0.05) is 31.5 Å². The van der Waals surface area contributed by atoms with Gasteiger partial charge in [0.05, 0.1) is 0 Å². The van der Waals surface area contributed by atoms with Gasteiger partial charge in [0.1, 0.15) is 6.73 Å². The van der Waals surface area contributed by atoms with Crippen molar-refractivity contribution in [1.29, 1.82) is 0 Å². The zero-order chi connectivity index (χ0) is 14.2. The van der Waals surface area contributed by atoms with E-state index in [1.165, 1.54) is 0 Å². The van der Waals surface area contributed by atoms with Crippen molar-refractivity contribution in [1.82, 2.24) is 10.6 Å². The molecule has 0 aromatic carbocycles. The summed E-state index contributed by atoms with van der Waals surface area (Å²) in [6.07, 6.45) is 2.61. The summed E-state index contributed by atoms with van der Waals surface area (Å²) in [4.78, 5) is 11.7. The number of hydrogen-bond acceptors (Lipinski definition) is 4. The van der Waals surface area contributed by atoms with Gasteiger partial charge < -0.3 is 21.1 Å². The first-order chi connectivity index (χ1) is 8.27. The van der Waals surface area contributed by atoms with Crippen molar-refractivity contribution in [3.8, 4) is 0 Å². The number of carbonyl (C=O) groups excluding carboxylic acids is 1. The van der Waals surface area contributed by atoms with Crippen LogP contribution in [0.3, 0.4) is 0 Å². The summed E-state index contributed by atoms with van der Waals surface area (Å²) in [5, 5.41) is 5.86. The maximum Gasteiger partial charge on any atom is 0.220 e. The molecule has 4 N–H and O–H groups in total. The van der Waals surface area contributed by atoms with Gasteiger partial charge in [0.25, 0.3) is 0 Å². The molecule has 0 bridgehead atoms. The fourth-order valence-corrected chi connectivity index (χ4v) is 1.12. The number of hydrogen-bond donors (Lipinski definition) is 3. The van der Waals surface area contributed by atoms with Crippen molar-refractivity contribution in [3.63, 3.8) is 0 Å². The molecule has 0 aliphatic carbocycles. The molecule has 106 valence electrons. The highest BCUT2D eigenvalue weighted by Gasteiger charge is 2.21. The molecule has 1 unspecified atom stereocenters. The molecule has 0 aromatic heterocycles. The van der Waals surface area contributed by atoms with Crippen LogP contribution in [0.4, 0.5) is 0 Å². The van der Waals surface area contributed by atoms with Crippen molar-refractivity contribution in [2.24, 2.45) is 11.1 Å². The molecule has 0 aliphatic heterocycles. The summed E-state index contributed by atoms with van der Waals surface area (Å²) in [7, 11) is 1.60. The van der Waals surface area contributed by atoms with Gasteiger partial charge in [-0.3, -0.25) is 4.79 Å². The van der Waals surface area contributed by atoms with E-state index >= 15 is 0 Å². The number of nitrogens with two attached hydrogens (primary N) is 1. The van der Waals surface area contributed by atoms with E-state index in [2.05, 4.69) is 31.4 Å². The predicted molar refractivity (Wildman–Crippen MR) is 73.6 cm³/mol. The second-order valence-corrected chi connectivity index (χ2v) is 5.51. The first kappa shape index (κ1) is 16.8. The Bertz CT molecular complexity index is 282. The van der Waals surface area contributed by atoms with Crippen LogP contribution in [0.5, 0.6) is 0 Å². The molecule has 0 aliphatic rings. The van der Waals surface area contributed by atoms with Crippen LogP contribution in [0.2, 0.25) is 0 Å². The topological polar surface area (TPSA) is 76.4 Å². The summed E-state index contributed by atoms with van der Waals surface area (Å²) in [5.74, 6) is 0.0283. The largest absolute Gasteiger partial charge is 0.401 e. The second kappa shape index (κ2) is 7.97. The molecule has 1 atom stereocenters. The Morgan fingerprint density at radius 3 is 2.50 bits per heavy atom. The Labute approximate surface area is 110 Å². The number of rotatable bonds is 7. The SMILES string of the molecule is COCN/C=C(\N)CCC(=O)NC(C)C(C)(C)C. The Balaban J connectivity index is 3.93. The molecule has 0 heterocycles. The van der Waals surface area contributed by atoms with E-state index in [1.54, 1.807) is 13.3 Å². The summed E-state index contributed by atoms with van der Waals surface area (Å²) in [6, 6.07) is 0.141. The predicted octanol–water partition coefficient (Wildman–Crippen LogP) is 1.31. The van der Waals surface area contributed by atoms with Gasteiger partial charge in [-0.25, -0.2) is 0 Å². The molecule has 0 rings (SSSR count). The molecule has 0 saturated carbocycles. The van der Waals surface area contributed by atoms with Crippen LogP contribution in [-0.4, -0.2) is 25.8 Å². The quantitative estimate of drug-likeness (QED) is 0.475. The lowest BCUT2D eigenvalue weighted by Crippen LogP contribution is -2.41. The highest BCUT2D eigenvalue weighted by molar-refractivity contribution is 5.76. The van der Waals surface area contributed by atoms with Crippen LogP contribution in [0.1, 0.15) is 40.5 Å². The van der Waals surface area contributed by atoms with Crippen molar-refractivity contribution in [2.45, 2.75) is 46.6 Å². The van der Waals surface area contributed by atoms with E-state index in [1.807, 2.05) is 6.92 Å². The van der Waals surface area contributed by atoms with E-state index in [-0.39, 0.29) is 17.4 Å². The van der Waals surface area contributed by atoms with Crippen LogP contribution >= 0.6 is 0 Å². The normalized spacial score (nSPS) is 14.2. The standard InChI is InChI=1S/C13H27N3O2/c1-10(13(2,3)4)16-12(17)7-6-11(14)8-15-9-18-5/h8,10,15H,6-7,9,14H2,1-5H3,(H,16,17)/b11-8-. The van der Waals surface area contributed by atoms with Crippen LogP contribution in [-0.2, 0) is 9.53 Å². The average Bonchev–Trinajstić information content (AvgIpc) is 2.25. The van der Waals surface area contributed by atoms with Crippen molar-refractivity contribution >= 4 is 5.91 Å². The Morgan fingerprint density at radius 1 is 1.39 bits per heavy atom. The third kappa shape index (κ3) is 7.95. The lowest BCUT2D eigenvalue weighted by molar-refractivity contribution is -0.122. The third-order valence-corrected chi connectivity index (χ3v) is 2.83. The van der Waals surface area contributed by atoms with E-state index in [4.69, 9.17) is 10.5 Å². The van der Waals surface area contributed by atoms with E-state index in [0.717, 1.165) is 0 Å². The second-order valence-electron chi connectivity index (χ2n) is 5.51. The van der Waals surface area contributed by atoms with Gasteiger partial charge in [-0.1, -0.05) is 20.8 Å². The van der Waals surface area contributed by atoms with Gasteiger partial charge in [-0.15, -0.1) is 0 Å². The van der Waals surface area contributed by atoms with E-state index < -0.39 is 0 Å². The summed E-state index contributed by atoms with van der Waals surface area (Å²) < 4.78 is 4.82. The minimum absolute atomic E-state index is 0.0283. The molecule has 0 saturated heterocycles. The molecule has 0 fully saturated rings. The van der Waals surface area contributed by atoms with E-state index in [0.29, 0.717) is 25.3 Å². The Kier molecular flexibility index (Phi) is 7.43. The molecule has 0 radical (unpaired) electrons. The molecule has 1 amide bonds. The number of carbonyl (C=O) groups is 1. The van der Waals surface area contributed by atoms with Crippen LogP contribution < -0.4 is 16.4 Å². The number of allylic oxidation sites excluding steroid dienone is 1. The van der Waals surface area contributed by atoms with E-state index in [9.17, 15) is 4.79 Å². The zero-order valence-corrected chi connectivity index (χ0v) is 12.2. The number of nitrogens with one attached hydrogen (secondary N) is 2. The van der Waals surface area contributed by atoms with Gasteiger partial charge in [0.2, 0.25) is 5.91 Å². The average molecular weight is 257 g/mol. The molecule has 5 heteroatoms. The Morgan fingerprint density at radius 2 is 2.00 bits per heavy atom. The fraction of sp³-hybridized carbons (Fsp3) is 0.769. The van der Waals surface area contributed by atoms with Gasteiger partial charge in [-0.05, 0) is 18.8 Å². The lowest BCUT2D eigenvalue weighted by atomic mass is 9.88. The Hall–Kier alpha value is -1.23. The molecule has 0 spiro atoms. The molecule has 18 heavy (non-hydrogen) atoms. The van der Waals surface area contributed by atoms with Crippen molar-refractivity contribution in [3.05, 3.63) is 11.9 Å². The number of amides is 1. The summed E-state index contributed by atoms with van der Waals surface area (Å²) in [6.45, 7) is 8.72. The number of methoxy groups -OCH3 is 1. The first-order valence-electron chi connectivity index (χ1n) is 6.23. The smallest absolute Gasteiger partial charge is 0.220 e. The number of ether oxygens (including phenoxy) is 1. The van der Waals surface area contributed by atoms with Crippen LogP contribution in [0, 0.1) is 5.41 Å². The minimum Gasteiger partial charge on any atom is -0.401 e. The van der Waals surface area contributed by atoms with Crippen molar-refractivity contribution < 1.29 is 9.53 Å². The lowest BCUT2D eigenvalue weighted by Gasteiger charge is -2.28. The van der Waals surface area contributed by atoms with Gasteiger partial charge in [-0.2, -0.15) is 0 Å². The third-order valence-electron chi connectivity index (χ3n) is 2.83. The van der Waals surface area contributed by atoms with Crippen LogP contribution in [0.15, 0.2) is 11.9 Å². The highest BCUT2D eigenvalue weighted by Crippen LogP contribution is 2.18. The highest BCUT2D eigenvalue weighted by atomic mass is 16.5. The monoisotopic (exact) mass is 257 g/mol. The minimum atomic E-state index is 0.0283. The summed E-state index contributed by atoms with van der Waals surface area (Å²) in [5.41, 5.74) is 6.45. The molecular formula is C13H27N3O2. The van der Waals surface area contributed by atoms with Gasteiger partial charge in [0.15, 0.2) is 0 Å². The maximum atomic E-state index is 11.7. The molecule has 5 nitrogen and oxygen atoms in total. The molecule has 0 aromatic rings. The van der Waals surface area contributed by atoms with Crippen LogP contribution in [0.25, 0.3) is 0 Å². The van der Waals surface area contributed by atoms with Crippen molar-refractivity contribution in [2.75, 3.05) is 13.8 Å². The molecular weight excluding hydrogens is 230 g/mol. The first-order valence-corrected chi connectivity index (χ1v) is 6.23. The maximum absolute atomic E-state index is 11.7.